The van der Waals surface area contributed by atoms with E-state index >= 15 is 0 Å². The quantitative estimate of drug-likeness (QED) is 0.260. The maximum atomic E-state index is 13.8. The Morgan fingerprint density at radius 3 is 1.14 bits per heavy atom. The fourth-order valence-corrected chi connectivity index (χ4v) is 3.78. The molecule has 0 atom stereocenters. The summed E-state index contributed by atoms with van der Waals surface area (Å²) in [5.74, 6) is 0.709. The zero-order valence-electron chi connectivity index (χ0n) is 30.7. The van der Waals surface area contributed by atoms with Crippen molar-refractivity contribution in [2.75, 3.05) is 0 Å². The summed E-state index contributed by atoms with van der Waals surface area (Å²) in [5.41, 5.74) is 5.35. The summed E-state index contributed by atoms with van der Waals surface area (Å²) in [6.45, 7) is 38.1. The van der Waals surface area contributed by atoms with Crippen molar-refractivity contribution in [2.45, 2.75) is 157 Å². The van der Waals surface area contributed by atoms with Gasteiger partial charge in [-0.2, -0.15) is 0 Å². The van der Waals surface area contributed by atoms with Crippen LogP contribution in [0.25, 0.3) is 0 Å². The molecule has 0 aromatic carbocycles. The molecule has 0 saturated heterocycles. The lowest BCUT2D eigenvalue weighted by Gasteiger charge is -2.22. The largest absolute Gasteiger partial charge is 0.260 e. The molecule has 0 saturated carbocycles. The molecule has 3 aromatic rings. The van der Waals surface area contributed by atoms with Gasteiger partial charge in [0.25, 0.3) is 0 Å². The average molecular weight is 593 g/mol. The molecule has 3 heterocycles. The SMILES string of the molecule is CC(C)(C)c1ccc(C(C)(C)C)nc1.CC(C)(C)c1cnc(C(C)(C)C)c(F)c1.CC(C)(C)c1cnc(C(C)(C)C)nc1. The first-order chi connectivity index (χ1) is 19.0. The molecule has 5 heteroatoms. The molecule has 0 spiro atoms. The van der Waals surface area contributed by atoms with Gasteiger partial charge >= 0.3 is 0 Å². The van der Waals surface area contributed by atoms with E-state index in [-0.39, 0.29) is 38.3 Å². The smallest absolute Gasteiger partial charge is 0.145 e. The minimum absolute atomic E-state index is 0.0381. The molecule has 0 aliphatic heterocycles. The van der Waals surface area contributed by atoms with E-state index in [4.69, 9.17) is 0 Å². The van der Waals surface area contributed by atoms with Crippen LogP contribution in [-0.2, 0) is 32.5 Å². The van der Waals surface area contributed by atoms with Crippen molar-refractivity contribution in [3.05, 3.63) is 82.7 Å². The molecular formula is C38H61FN4. The Labute approximate surface area is 263 Å². The van der Waals surface area contributed by atoms with Crippen LogP contribution in [0.5, 0.6) is 0 Å². The van der Waals surface area contributed by atoms with Crippen molar-refractivity contribution >= 4 is 0 Å². The molecule has 4 nitrogen and oxygen atoms in total. The molecule has 0 amide bonds. The summed E-state index contributed by atoms with van der Waals surface area (Å²) < 4.78 is 13.8. The fourth-order valence-electron chi connectivity index (χ4n) is 3.78. The minimum Gasteiger partial charge on any atom is -0.260 e. The predicted octanol–water partition coefficient (Wildman–Crippen LogP) is 10.6. The van der Waals surface area contributed by atoms with E-state index in [1.54, 1.807) is 12.3 Å². The summed E-state index contributed by atoms with van der Waals surface area (Å²) in [7, 11) is 0. The number of aromatic nitrogens is 4. The van der Waals surface area contributed by atoms with Crippen molar-refractivity contribution < 1.29 is 4.39 Å². The molecule has 240 valence electrons. The zero-order chi connectivity index (χ0) is 33.8. The number of nitrogens with zero attached hydrogens (tertiary/aromatic N) is 4. The lowest BCUT2D eigenvalue weighted by atomic mass is 9.86. The molecule has 0 fully saturated rings. The highest BCUT2D eigenvalue weighted by Crippen LogP contribution is 2.28. The van der Waals surface area contributed by atoms with Crippen molar-refractivity contribution in [1.82, 2.24) is 19.9 Å². The first-order valence-electron chi connectivity index (χ1n) is 15.5. The second kappa shape index (κ2) is 13.5. The topological polar surface area (TPSA) is 51.6 Å². The molecule has 43 heavy (non-hydrogen) atoms. The monoisotopic (exact) mass is 592 g/mol. The van der Waals surface area contributed by atoms with E-state index in [0.717, 1.165) is 17.1 Å². The van der Waals surface area contributed by atoms with E-state index in [1.807, 2.05) is 39.4 Å². The van der Waals surface area contributed by atoms with E-state index in [1.165, 1.54) is 11.1 Å². The van der Waals surface area contributed by atoms with Crippen LogP contribution in [0.15, 0.2) is 43.0 Å². The van der Waals surface area contributed by atoms with E-state index in [2.05, 4.69) is 136 Å². The molecular weight excluding hydrogens is 531 g/mol. The van der Waals surface area contributed by atoms with Crippen LogP contribution in [0.4, 0.5) is 4.39 Å². The molecule has 0 aliphatic carbocycles. The van der Waals surface area contributed by atoms with E-state index < -0.39 is 0 Å². The van der Waals surface area contributed by atoms with Crippen LogP contribution < -0.4 is 0 Å². The van der Waals surface area contributed by atoms with Crippen LogP contribution in [0.2, 0.25) is 0 Å². The molecule has 3 aromatic heterocycles. The van der Waals surface area contributed by atoms with Crippen LogP contribution in [0, 0.1) is 5.82 Å². The number of halogens is 1. The lowest BCUT2D eigenvalue weighted by molar-refractivity contribution is 0.493. The van der Waals surface area contributed by atoms with Crippen LogP contribution in [0.3, 0.4) is 0 Å². The van der Waals surface area contributed by atoms with Crippen molar-refractivity contribution in [3.8, 4) is 0 Å². The lowest BCUT2D eigenvalue weighted by Crippen LogP contribution is -2.19. The highest BCUT2D eigenvalue weighted by molar-refractivity contribution is 5.26. The summed E-state index contributed by atoms with van der Waals surface area (Å²) in [6.07, 6.45) is 7.66. The van der Waals surface area contributed by atoms with Gasteiger partial charge in [0.2, 0.25) is 0 Å². The Morgan fingerprint density at radius 2 is 0.837 bits per heavy atom. The van der Waals surface area contributed by atoms with Gasteiger partial charge in [0, 0.05) is 46.7 Å². The van der Waals surface area contributed by atoms with Gasteiger partial charge in [0.1, 0.15) is 11.6 Å². The van der Waals surface area contributed by atoms with Crippen molar-refractivity contribution in [1.29, 1.82) is 0 Å². The Morgan fingerprint density at radius 1 is 0.419 bits per heavy atom. The van der Waals surface area contributed by atoms with Gasteiger partial charge in [-0.1, -0.05) is 131 Å². The highest BCUT2D eigenvalue weighted by atomic mass is 19.1. The summed E-state index contributed by atoms with van der Waals surface area (Å²) in [4.78, 5) is 17.6. The van der Waals surface area contributed by atoms with Gasteiger partial charge in [-0.05, 0) is 45.1 Å². The molecule has 3 rings (SSSR count). The predicted molar refractivity (Wildman–Crippen MR) is 183 cm³/mol. The normalized spacial score (nSPS) is 13.0. The van der Waals surface area contributed by atoms with Gasteiger partial charge in [-0.15, -0.1) is 0 Å². The van der Waals surface area contributed by atoms with Gasteiger partial charge in [0.05, 0.1) is 5.69 Å². The molecule has 0 bridgehead atoms. The molecule has 0 radical (unpaired) electrons. The first kappa shape index (κ1) is 38.3. The Kier molecular flexibility index (Phi) is 12.1. The Hall–Kier alpha value is -2.69. The Bertz CT molecular complexity index is 1150. The number of pyridine rings is 2. The molecule has 0 unspecified atom stereocenters. The molecule has 0 N–H and O–H groups in total. The standard InChI is InChI=1S/C13H20FN.C13H21N.C12H20N2/c1-12(2,3)9-7-10(14)11(15-8-9)13(4,5)6;1-12(2,3)10-7-8-11(14-9-10)13(4,5)6;1-11(2,3)9-7-13-10(14-8-9)12(4,5)6/h7-8H,1-6H3;7-9H,1-6H3;7-8H,1-6H3. The maximum Gasteiger partial charge on any atom is 0.145 e. The van der Waals surface area contributed by atoms with Gasteiger partial charge < -0.3 is 0 Å². The van der Waals surface area contributed by atoms with Gasteiger partial charge in [0.15, 0.2) is 0 Å². The van der Waals surface area contributed by atoms with Gasteiger partial charge in [-0.25, -0.2) is 14.4 Å². The van der Waals surface area contributed by atoms with E-state index in [9.17, 15) is 4.39 Å². The van der Waals surface area contributed by atoms with E-state index in [0.29, 0.717) is 5.69 Å². The Balaban J connectivity index is 0.000000323. The van der Waals surface area contributed by atoms with Gasteiger partial charge in [-0.3, -0.25) is 9.97 Å². The second-order valence-electron chi connectivity index (χ2n) is 17.8. The fraction of sp³-hybridized carbons (Fsp3) is 0.632. The van der Waals surface area contributed by atoms with Crippen LogP contribution >= 0.6 is 0 Å². The second-order valence-corrected chi connectivity index (χ2v) is 17.8. The van der Waals surface area contributed by atoms with Crippen molar-refractivity contribution in [2.24, 2.45) is 0 Å². The zero-order valence-corrected chi connectivity index (χ0v) is 30.7. The molecule has 0 aliphatic rings. The van der Waals surface area contributed by atoms with Crippen molar-refractivity contribution in [3.63, 3.8) is 0 Å². The summed E-state index contributed by atoms with van der Waals surface area (Å²) >= 11 is 0. The number of hydrogen-bond acceptors (Lipinski definition) is 4. The first-order valence-corrected chi connectivity index (χ1v) is 15.5. The third-order valence-corrected chi connectivity index (χ3v) is 7.00. The minimum atomic E-state index is -0.236. The number of rotatable bonds is 0. The van der Waals surface area contributed by atoms with Crippen LogP contribution in [0.1, 0.15) is 159 Å². The van der Waals surface area contributed by atoms with Crippen LogP contribution in [-0.4, -0.2) is 19.9 Å². The number of hydrogen-bond donors (Lipinski definition) is 0. The highest BCUT2D eigenvalue weighted by Gasteiger charge is 2.23. The third kappa shape index (κ3) is 12.4. The average Bonchev–Trinajstić information content (AvgIpc) is 2.81. The summed E-state index contributed by atoms with van der Waals surface area (Å²) in [5, 5.41) is 0. The summed E-state index contributed by atoms with van der Waals surface area (Å²) in [6, 6.07) is 5.93. The third-order valence-electron chi connectivity index (χ3n) is 7.00. The maximum absolute atomic E-state index is 13.8.